The highest BCUT2D eigenvalue weighted by atomic mass is 32.2. The van der Waals surface area contributed by atoms with Crippen LogP contribution < -0.4 is 4.72 Å². The monoisotopic (exact) mass is 322 g/mol. The van der Waals surface area contributed by atoms with Crippen LogP contribution >= 0.6 is 0 Å². The van der Waals surface area contributed by atoms with Crippen LogP contribution in [0.3, 0.4) is 0 Å². The average Bonchev–Trinajstić information content (AvgIpc) is 2.91. The lowest BCUT2D eigenvalue weighted by Crippen LogP contribution is -2.40. The second kappa shape index (κ2) is 5.93. The van der Waals surface area contributed by atoms with E-state index in [-0.39, 0.29) is 11.4 Å². The molecule has 1 unspecified atom stereocenters. The van der Waals surface area contributed by atoms with E-state index in [1.807, 2.05) is 6.07 Å². The number of nitrogens with zero attached hydrogens (tertiary/aromatic N) is 3. The Kier molecular flexibility index (Phi) is 4.37. The summed E-state index contributed by atoms with van der Waals surface area (Å²) in [6, 6.07) is 3.63. The Balaban J connectivity index is 2.34. The molecule has 2 rings (SSSR count). The number of rotatable bonds is 4. The first-order valence-corrected chi connectivity index (χ1v) is 8.46. The number of hydrogen-bond donors (Lipinski definition) is 1. The molecule has 7 nitrogen and oxygen atoms in total. The summed E-state index contributed by atoms with van der Waals surface area (Å²) in [4.78, 5) is 17.3. The van der Waals surface area contributed by atoms with Crippen molar-refractivity contribution in [2.24, 2.45) is 0 Å². The molecular formula is C14H18N4O3S. The summed E-state index contributed by atoms with van der Waals surface area (Å²) < 4.78 is 26.9. The van der Waals surface area contributed by atoms with Crippen molar-refractivity contribution in [1.82, 2.24) is 9.88 Å². The molecule has 1 aromatic heterocycles. The summed E-state index contributed by atoms with van der Waals surface area (Å²) in [6.07, 6.45) is 2.56. The van der Waals surface area contributed by atoms with Gasteiger partial charge in [-0.25, -0.2) is 13.4 Å². The summed E-state index contributed by atoms with van der Waals surface area (Å²) >= 11 is 0. The number of fused-ring (bicyclic) bond motifs is 1. The molecule has 1 aliphatic carbocycles. The standard InChI is InChI=1S/C14H18N4O3S/c1-9(14(19)18(2)3)22(20,21)17-13-11(8-15)7-10-5-4-6-12(10)16-13/h7,9H,4-6H2,1-3H3,(H,16,17). The molecule has 0 saturated heterocycles. The van der Waals surface area contributed by atoms with Gasteiger partial charge in [0.15, 0.2) is 11.1 Å². The van der Waals surface area contributed by atoms with Crippen LogP contribution in [0.1, 0.15) is 30.2 Å². The van der Waals surface area contributed by atoms with Crippen LogP contribution in [0.25, 0.3) is 0 Å². The first-order valence-electron chi connectivity index (χ1n) is 6.92. The van der Waals surface area contributed by atoms with Gasteiger partial charge in [-0.2, -0.15) is 5.26 Å². The molecule has 0 saturated carbocycles. The molecule has 1 amide bonds. The molecule has 0 fully saturated rings. The lowest BCUT2D eigenvalue weighted by Gasteiger charge is -2.18. The van der Waals surface area contributed by atoms with Gasteiger partial charge in [0.1, 0.15) is 6.07 Å². The quantitative estimate of drug-likeness (QED) is 0.877. The van der Waals surface area contributed by atoms with E-state index in [0.717, 1.165) is 30.5 Å². The Morgan fingerprint density at radius 3 is 2.73 bits per heavy atom. The second-order valence-electron chi connectivity index (χ2n) is 5.48. The van der Waals surface area contributed by atoms with E-state index < -0.39 is 21.2 Å². The van der Waals surface area contributed by atoms with E-state index >= 15 is 0 Å². The Hall–Kier alpha value is -2.14. The highest BCUT2D eigenvalue weighted by molar-refractivity contribution is 7.94. The van der Waals surface area contributed by atoms with Gasteiger partial charge in [-0.3, -0.25) is 9.52 Å². The fraction of sp³-hybridized carbons (Fsp3) is 0.500. The first-order chi connectivity index (χ1) is 10.3. The lowest BCUT2D eigenvalue weighted by atomic mass is 10.1. The van der Waals surface area contributed by atoms with Gasteiger partial charge in [0.2, 0.25) is 15.9 Å². The molecule has 8 heteroatoms. The predicted octanol–water partition coefficient (Wildman–Crippen LogP) is 0.660. The summed E-state index contributed by atoms with van der Waals surface area (Å²) in [6.45, 7) is 1.31. The molecule has 1 atom stereocenters. The number of nitrogens with one attached hydrogen (secondary N) is 1. The molecule has 1 aromatic rings. The maximum atomic E-state index is 12.3. The van der Waals surface area contributed by atoms with Crippen LogP contribution in [-0.4, -0.2) is 43.6 Å². The van der Waals surface area contributed by atoms with Crippen molar-refractivity contribution in [2.75, 3.05) is 18.8 Å². The Morgan fingerprint density at radius 2 is 2.14 bits per heavy atom. The Bertz CT molecular complexity index is 750. The van der Waals surface area contributed by atoms with Crippen molar-refractivity contribution in [3.8, 4) is 6.07 Å². The predicted molar refractivity (Wildman–Crippen MR) is 81.7 cm³/mol. The van der Waals surface area contributed by atoms with E-state index in [9.17, 15) is 18.5 Å². The fourth-order valence-corrected chi connectivity index (χ4v) is 3.43. The van der Waals surface area contributed by atoms with E-state index in [1.54, 1.807) is 6.07 Å². The van der Waals surface area contributed by atoms with Crippen molar-refractivity contribution < 1.29 is 13.2 Å². The number of carbonyl (C=O) groups excluding carboxylic acids is 1. The number of hydrogen-bond acceptors (Lipinski definition) is 5. The van der Waals surface area contributed by atoms with Crippen LogP contribution in [-0.2, 0) is 27.7 Å². The molecule has 1 heterocycles. The Labute approximate surface area is 130 Å². The van der Waals surface area contributed by atoms with Crippen molar-refractivity contribution in [3.63, 3.8) is 0 Å². The van der Waals surface area contributed by atoms with Gasteiger partial charge in [0.25, 0.3) is 0 Å². The van der Waals surface area contributed by atoms with Crippen LogP contribution in [0.4, 0.5) is 5.82 Å². The molecule has 0 radical (unpaired) electrons. The molecule has 1 aliphatic rings. The third-order valence-electron chi connectivity index (χ3n) is 3.66. The summed E-state index contributed by atoms with van der Waals surface area (Å²) in [5.41, 5.74) is 1.97. The molecule has 1 N–H and O–H groups in total. The van der Waals surface area contributed by atoms with Crippen LogP contribution in [0, 0.1) is 11.3 Å². The van der Waals surface area contributed by atoms with Crippen molar-refractivity contribution >= 4 is 21.7 Å². The van der Waals surface area contributed by atoms with Gasteiger partial charge in [-0.05, 0) is 37.8 Å². The number of carbonyl (C=O) groups is 1. The Morgan fingerprint density at radius 1 is 1.45 bits per heavy atom. The SMILES string of the molecule is CC(C(=O)N(C)C)S(=O)(=O)Nc1nc2c(cc1C#N)CCC2. The number of aromatic nitrogens is 1. The van der Waals surface area contributed by atoms with Crippen molar-refractivity contribution in [1.29, 1.82) is 5.26 Å². The molecule has 0 bridgehead atoms. The molecule has 0 spiro atoms. The normalized spacial score (nSPS) is 14.8. The maximum absolute atomic E-state index is 12.3. The zero-order valence-electron chi connectivity index (χ0n) is 12.8. The molecular weight excluding hydrogens is 304 g/mol. The zero-order chi connectivity index (χ0) is 16.5. The van der Waals surface area contributed by atoms with E-state index in [1.165, 1.54) is 25.9 Å². The van der Waals surface area contributed by atoms with Gasteiger partial charge in [0, 0.05) is 19.8 Å². The van der Waals surface area contributed by atoms with Crippen LogP contribution in [0.2, 0.25) is 0 Å². The van der Waals surface area contributed by atoms with Gasteiger partial charge in [-0.1, -0.05) is 0 Å². The largest absolute Gasteiger partial charge is 0.348 e. The molecule has 118 valence electrons. The zero-order valence-corrected chi connectivity index (χ0v) is 13.6. The number of sulfonamides is 1. The summed E-state index contributed by atoms with van der Waals surface area (Å²) in [7, 11) is -0.985. The number of pyridine rings is 1. The fourth-order valence-electron chi connectivity index (χ4n) is 2.35. The molecule has 0 aliphatic heterocycles. The molecule has 0 aromatic carbocycles. The van der Waals surface area contributed by atoms with Crippen molar-refractivity contribution in [3.05, 3.63) is 22.9 Å². The van der Waals surface area contributed by atoms with Crippen LogP contribution in [0.15, 0.2) is 6.07 Å². The summed E-state index contributed by atoms with van der Waals surface area (Å²) in [5, 5.41) is 7.92. The number of anilines is 1. The highest BCUT2D eigenvalue weighted by Crippen LogP contribution is 2.25. The number of aryl methyl sites for hydroxylation is 2. The minimum Gasteiger partial charge on any atom is -0.348 e. The summed E-state index contributed by atoms with van der Waals surface area (Å²) in [5.74, 6) is -0.534. The second-order valence-corrected chi connectivity index (χ2v) is 7.48. The lowest BCUT2D eigenvalue weighted by molar-refractivity contribution is -0.127. The molecule has 22 heavy (non-hydrogen) atoms. The van der Waals surface area contributed by atoms with Gasteiger partial charge >= 0.3 is 0 Å². The third kappa shape index (κ3) is 3.04. The topological polar surface area (TPSA) is 103 Å². The highest BCUT2D eigenvalue weighted by Gasteiger charge is 2.30. The van der Waals surface area contributed by atoms with E-state index in [0.29, 0.717) is 0 Å². The van der Waals surface area contributed by atoms with Crippen molar-refractivity contribution in [2.45, 2.75) is 31.4 Å². The number of nitriles is 1. The average molecular weight is 322 g/mol. The number of amides is 1. The smallest absolute Gasteiger partial charge is 0.245 e. The van der Waals surface area contributed by atoms with E-state index in [4.69, 9.17) is 0 Å². The third-order valence-corrected chi connectivity index (χ3v) is 5.27. The minimum atomic E-state index is -3.96. The minimum absolute atomic E-state index is 0.00144. The van der Waals surface area contributed by atoms with E-state index in [2.05, 4.69) is 9.71 Å². The maximum Gasteiger partial charge on any atom is 0.245 e. The van der Waals surface area contributed by atoms with Gasteiger partial charge in [0.05, 0.1) is 5.56 Å². The van der Waals surface area contributed by atoms with Crippen LogP contribution in [0.5, 0.6) is 0 Å². The van der Waals surface area contributed by atoms with Gasteiger partial charge in [-0.15, -0.1) is 0 Å². The van der Waals surface area contributed by atoms with Gasteiger partial charge < -0.3 is 4.90 Å². The first kappa shape index (κ1) is 16.2.